The molecule has 0 heterocycles. The summed E-state index contributed by atoms with van der Waals surface area (Å²) in [6.07, 6.45) is 3.01. The van der Waals surface area contributed by atoms with E-state index >= 15 is 0 Å². The first kappa shape index (κ1) is 14.3. The van der Waals surface area contributed by atoms with Crippen LogP contribution in [0.25, 0.3) is 0 Å². The summed E-state index contributed by atoms with van der Waals surface area (Å²) in [5, 5.41) is 0. The number of carbonyl (C=O) groups is 1. The standard InChI is InChI=1S/C14H27NO2/c1-12(2)8-13(3,4)10-14(5,9-12)15(6)11(16)17-7/h8-10H2,1-7H3. The number of carbonyl (C=O) groups excluding carboxylic acids is 1. The molecule has 1 amide bonds. The van der Waals surface area contributed by atoms with Crippen LogP contribution in [0.2, 0.25) is 0 Å². The van der Waals surface area contributed by atoms with Gasteiger partial charge in [-0.3, -0.25) is 0 Å². The molecular formula is C14H27NO2. The van der Waals surface area contributed by atoms with Gasteiger partial charge in [0.15, 0.2) is 0 Å². The fourth-order valence-corrected chi connectivity index (χ4v) is 4.14. The number of hydrogen-bond acceptors (Lipinski definition) is 2. The Morgan fingerprint density at radius 3 is 1.76 bits per heavy atom. The molecule has 0 aromatic carbocycles. The number of ether oxygens (including phenoxy) is 1. The second kappa shape index (κ2) is 4.18. The summed E-state index contributed by atoms with van der Waals surface area (Å²) >= 11 is 0. The second-order valence-electron chi connectivity index (χ2n) is 7.38. The van der Waals surface area contributed by atoms with E-state index in [9.17, 15) is 4.79 Å². The van der Waals surface area contributed by atoms with Crippen molar-refractivity contribution in [2.45, 2.75) is 59.4 Å². The molecule has 1 aliphatic rings. The van der Waals surface area contributed by atoms with Crippen LogP contribution in [0.3, 0.4) is 0 Å². The van der Waals surface area contributed by atoms with Gasteiger partial charge in [-0.2, -0.15) is 0 Å². The average molecular weight is 241 g/mol. The Balaban J connectivity index is 2.98. The average Bonchev–Trinajstić information content (AvgIpc) is 2.09. The van der Waals surface area contributed by atoms with Gasteiger partial charge in [0.2, 0.25) is 0 Å². The number of rotatable bonds is 1. The van der Waals surface area contributed by atoms with Crippen LogP contribution in [-0.4, -0.2) is 30.7 Å². The van der Waals surface area contributed by atoms with Crippen LogP contribution in [0, 0.1) is 10.8 Å². The quantitative estimate of drug-likeness (QED) is 0.701. The molecule has 0 aromatic heterocycles. The maximum absolute atomic E-state index is 11.7. The van der Waals surface area contributed by atoms with Crippen molar-refractivity contribution in [2.75, 3.05) is 14.2 Å². The molecule has 0 radical (unpaired) electrons. The molecular weight excluding hydrogens is 214 g/mol. The van der Waals surface area contributed by atoms with Gasteiger partial charge in [0.05, 0.1) is 7.11 Å². The molecule has 0 aliphatic heterocycles. The minimum absolute atomic E-state index is 0.113. The molecule has 17 heavy (non-hydrogen) atoms. The molecule has 0 saturated heterocycles. The first-order valence-corrected chi connectivity index (χ1v) is 6.33. The lowest BCUT2D eigenvalue weighted by atomic mass is 9.58. The van der Waals surface area contributed by atoms with E-state index in [2.05, 4.69) is 34.6 Å². The van der Waals surface area contributed by atoms with Crippen LogP contribution >= 0.6 is 0 Å². The predicted molar refractivity (Wildman–Crippen MR) is 70.0 cm³/mol. The normalized spacial score (nSPS) is 25.1. The Bertz CT molecular complexity index is 291. The van der Waals surface area contributed by atoms with Gasteiger partial charge in [0.25, 0.3) is 0 Å². The predicted octanol–water partition coefficient (Wildman–Crippen LogP) is 3.68. The SMILES string of the molecule is COC(=O)N(C)C1(C)CC(C)(C)CC(C)(C)C1. The van der Waals surface area contributed by atoms with Gasteiger partial charge >= 0.3 is 6.09 Å². The Hall–Kier alpha value is -0.730. The molecule has 3 heteroatoms. The van der Waals surface area contributed by atoms with Crippen molar-refractivity contribution in [1.82, 2.24) is 4.90 Å². The number of hydrogen-bond donors (Lipinski definition) is 0. The lowest BCUT2D eigenvalue weighted by Gasteiger charge is -2.53. The van der Waals surface area contributed by atoms with E-state index in [0.717, 1.165) is 12.8 Å². The highest BCUT2D eigenvalue weighted by Crippen LogP contribution is 2.51. The van der Waals surface area contributed by atoms with Crippen molar-refractivity contribution >= 4 is 6.09 Å². The molecule has 0 unspecified atom stereocenters. The van der Waals surface area contributed by atoms with Gasteiger partial charge in [0.1, 0.15) is 0 Å². The Kier molecular flexibility index (Phi) is 3.52. The van der Waals surface area contributed by atoms with Crippen LogP contribution in [0.1, 0.15) is 53.9 Å². The highest BCUT2D eigenvalue weighted by atomic mass is 16.5. The van der Waals surface area contributed by atoms with E-state index in [0.29, 0.717) is 0 Å². The zero-order valence-electron chi connectivity index (χ0n) is 12.4. The third-order valence-electron chi connectivity index (χ3n) is 3.93. The van der Waals surface area contributed by atoms with Crippen molar-refractivity contribution in [2.24, 2.45) is 10.8 Å². The van der Waals surface area contributed by atoms with Gasteiger partial charge in [-0.25, -0.2) is 4.79 Å². The topological polar surface area (TPSA) is 29.5 Å². The molecule has 0 aromatic rings. The number of nitrogens with zero attached hydrogens (tertiary/aromatic N) is 1. The van der Waals surface area contributed by atoms with Crippen molar-refractivity contribution < 1.29 is 9.53 Å². The number of methoxy groups -OCH3 is 1. The minimum Gasteiger partial charge on any atom is -0.453 e. The summed E-state index contributed by atoms with van der Waals surface area (Å²) in [7, 11) is 3.30. The van der Waals surface area contributed by atoms with Gasteiger partial charge < -0.3 is 9.64 Å². The third kappa shape index (κ3) is 3.14. The fraction of sp³-hybridized carbons (Fsp3) is 0.929. The van der Waals surface area contributed by atoms with Crippen LogP contribution in [0.4, 0.5) is 4.79 Å². The lowest BCUT2D eigenvalue weighted by Crippen LogP contribution is -2.55. The first-order valence-electron chi connectivity index (χ1n) is 6.33. The van der Waals surface area contributed by atoms with Gasteiger partial charge in [-0.05, 0) is 37.0 Å². The van der Waals surface area contributed by atoms with Gasteiger partial charge in [-0.15, -0.1) is 0 Å². The van der Waals surface area contributed by atoms with Crippen LogP contribution in [-0.2, 0) is 4.74 Å². The largest absolute Gasteiger partial charge is 0.453 e. The van der Waals surface area contributed by atoms with Crippen molar-refractivity contribution in [1.29, 1.82) is 0 Å². The molecule has 0 spiro atoms. The van der Waals surface area contributed by atoms with E-state index in [1.807, 2.05) is 7.05 Å². The maximum atomic E-state index is 11.7. The molecule has 1 aliphatic carbocycles. The molecule has 1 fully saturated rings. The van der Waals surface area contributed by atoms with E-state index < -0.39 is 0 Å². The highest BCUT2D eigenvalue weighted by molar-refractivity contribution is 5.68. The fourth-order valence-electron chi connectivity index (χ4n) is 4.14. The van der Waals surface area contributed by atoms with Crippen molar-refractivity contribution in [3.8, 4) is 0 Å². The molecule has 100 valence electrons. The minimum atomic E-state index is -0.235. The summed E-state index contributed by atoms with van der Waals surface area (Å²) < 4.78 is 4.85. The molecule has 0 atom stereocenters. The van der Waals surface area contributed by atoms with E-state index in [1.54, 1.807) is 4.90 Å². The van der Waals surface area contributed by atoms with Crippen LogP contribution < -0.4 is 0 Å². The van der Waals surface area contributed by atoms with E-state index in [4.69, 9.17) is 4.74 Å². The molecule has 3 nitrogen and oxygen atoms in total. The van der Waals surface area contributed by atoms with Gasteiger partial charge in [0, 0.05) is 12.6 Å². The van der Waals surface area contributed by atoms with Crippen LogP contribution in [0.15, 0.2) is 0 Å². The zero-order valence-corrected chi connectivity index (χ0v) is 12.4. The van der Waals surface area contributed by atoms with Gasteiger partial charge in [-0.1, -0.05) is 27.7 Å². The molecule has 1 saturated carbocycles. The molecule has 0 bridgehead atoms. The monoisotopic (exact) mass is 241 g/mol. The Morgan fingerprint density at radius 2 is 1.41 bits per heavy atom. The van der Waals surface area contributed by atoms with E-state index in [1.165, 1.54) is 13.5 Å². The smallest absolute Gasteiger partial charge is 0.409 e. The summed E-state index contributed by atoms with van der Waals surface area (Å²) in [5.74, 6) is 0. The lowest BCUT2D eigenvalue weighted by molar-refractivity contribution is -0.0211. The van der Waals surface area contributed by atoms with Crippen LogP contribution in [0.5, 0.6) is 0 Å². The summed E-state index contributed by atoms with van der Waals surface area (Å²) in [6, 6.07) is 0. The summed E-state index contributed by atoms with van der Waals surface area (Å²) in [5.41, 5.74) is 0.413. The van der Waals surface area contributed by atoms with E-state index in [-0.39, 0.29) is 22.5 Å². The number of amides is 1. The Labute approximate surface area is 106 Å². The maximum Gasteiger partial charge on any atom is 0.409 e. The molecule has 1 rings (SSSR count). The first-order chi connectivity index (χ1) is 7.51. The van der Waals surface area contributed by atoms with Crippen molar-refractivity contribution in [3.05, 3.63) is 0 Å². The molecule has 0 N–H and O–H groups in total. The third-order valence-corrected chi connectivity index (χ3v) is 3.93. The second-order valence-corrected chi connectivity index (χ2v) is 7.38. The highest BCUT2D eigenvalue weighted by Gasteiger charge is 2.48. The van der Waals surface area contributed by atoms with Crippen molar-refractivity contribution in [3.63, 3.8) is 0 Å². The summed E-state index contributed by atoms with van der Waals surface area (Å²) in [6.45, 7) is 11.3. The Morgan fingerprint density at radius 1 is 1.00 bits per heavy atom. The zero-order chi connectivity index (χ0) is 13.5. The summed E-state index contributed by atoms with van der Waals surface area (Å²) in [4.78, 5) is 13.5.